The Bertz CT molecular complexity index is 729. The molecule has 0 unspecified atom stereocenters. The number of nitrogen functional groups attached to an aromatic ring is 1. The summed E-state index contributed by atoms with van der Waals surface area (Å²) in [4.78, 5) is 23.0. The van der Waals surface area contributed by atoms with E-state index in [2.05, 4.69) is 5.32 Å². The fourth-order valence-corrected chi connectivity index (χ4v) is 1.99. The molecule has 0 saturated heterocycles. The number of carboxylic acids is 1. The number of carbonyl (C=O) groups excluding carboxylic acids is 1. The molecule has 108 valence electrons. The quantitative estimate of drug-likeness (QED) is 0.759. The maximum Gasteiger partial charge on any atom is 0.335 e. The van der Waals surface area contributed by atoms with Gasteiger partial charge in [-0.3, -0.25) is 4.79 Å². The van der Waals surface area contributed by atoms with Crippen molar-refractivity contribution in [1.82, 2.24) is 0 Å². The molecule has 0 fully saturated rings. The first-order chi connectivity index (χ1) is 9.88. The second-order valence-electron chi connectivity index (χ2n) is 4.53. The van der Waals surface area contributed by atoms with Crippen molar-refractivity contribution in [3.63, 3.8) is 0 Å². The minimum absolute atomic E-state index is 0.198. The first-order valence-corrected chi connectivity index (χ1v) is 6.46. The molecule has 2 aromatic rings. The summed E-state index contributed by atoms with van der Waals surface area (Å²) in [6, 6.07) is 9.17. The molecule has 5 nitrogen and oxygen atoms in total. The van der Waals surface area contributed by atoms with E-state index >= 15 is 0 Å². The lowest BCUT2D eigenvalue weighted by Crippen LogP contribution is -2.12. The lowest BCUT2D eigenvalue weighted by molar-refractivity contribution is 0.0696. The molecule has 6 heteroatoms. The molecule has 0 aliphatic rings. The molecular weight excluding hydrogens is 292 g/mol. The van der Waals surface area contributed by atoms with Crippen molar-refractivity contribution in [3.05, 3.63) is 58.1 Å². The number of carboxylic acid groups (broad SMARTS) is 1. The molecule has 0 spiro atoms. The first kappa shape index (κ1) is 14.9. The summed E-state index contributed by atoms with van der Waals surface area (Å²) in [7, 11) is 0. The number of carbonyl (C=O) groups is 2. The number of nitrogens with one attached hydrogen (secondary N) is 1. The van der Waals surface area contributed by atoms with Crippen LogP contribution in [-0.4, -0.2) is 17.0 Å². The van der Waals surface area contributed by atoms with Gasteiger partial charge in [-0.1, -0.05) is 11.6 Å². The van der Waals surface area contributed by atoms with Crippen molar-refractivity contribution in [2.75, 3.05) is 11.1 Å². The molecule has 0 aromatic heterocycles. The number of rotatable bonds is 3. The summed E-state index contributed by atoms with van der Waals surface area (Å²) < 4.78 is 0. The molecule has 1 amide bonds. The fraction of sp³-hybridized carbons (Fsp3) is 0.0667. The number of hydrogen-bond donors (Lipinski definition) is 3. The summed E-state index contributed by atoms with van der Waals surface area (Å²) in [5.41, 5.74) is 7.62. The zero-order valence-corrected chi connectivity index (χ0v) is 11.9. The fourth-order valence-electron chi connectivity index (χ4n) is 1.87. The lowest BCUT2D eigenvalue weighted by Gasteiger charge is -2.08. The number of amides is 1. The van der Waals surface area contributed by atoms with Crippen LogP contribution in [0.25, 0.3) is 0 Å². The average Bonchev–Trinajstić information content (AvgIpc) is 2.41. The standard InChI is InChI=1S/C15H13ClN2O3/c1-8-6-10(3-4-11(8)15(20)21)18-14(19)9-2-5-12(16)13(17)7-9/h2-7H,17H2,1H3,(H,18,19)(H,20,21). The molecule has 21 heavy (non-hydrogen) atoms. The van der Waals surface area contributed by atoms with E-state index in [1.54, 1.807) is 25.1 Å². The predicted molar refractivity (Wildman–Crippen MR) is 82.0 cm³/mol. The maximum atomic E-state index is 12.1. The van der Waals surface area contributed by atoms with Crippen molar-refractivity contribution in [1.29, 1.82) is 0 Å². The van der Waals surface area contributed by atoms with Gasteiger partial charge in [0.05, 0.1) is 16.3 Å². The second kappa shape index (κ2) is 5.85. The molecule has 0 radical (unpaired) electrons. The Morgan fingerprint density at radius 3 is 2.48 bits per heavy atom. The Balaban J connectivity index is 2.21. The topological polar surface area (TPSA) is 92.4 Å². The third kappa shape index (κ3) is 3.32. The van der Waals surface area contributed by atoms with Gasteiger partial charge in [-0.25, -0.2) is 4.79 Å². The Labute approximate surface area is 126 Å². The van der Waals surface area contributed by atoms with Crippen LogP contribution in [0.2, 0.25) is 5.02 Å². The lowest BCUT2D eigenvalue weighted by atomic mass is 10.1. The van der Waals surface area contributed by atoms with Gasteiger partial charge in [-0.05, 0) is 48.9 Å². The van der Waals surface area contributed by atoms with Gasteiger partial charge in [0.1, 0.15) is 0 Å². The maximum absolute atomic E-state index is 12.1. The van der Waals surface area contributed by atoms with Crippen molar-refractivity contribution < 1.29 is 14.7 Å². The minimum Gasteiger partial charge on any atom is -0.478 e. The van der Waals surface area contributed by atoms with Crippen molar-refractivity contribution >= 4 is 34.9 Å². The van der Waals surface area contributed by atoms with Crippen LogP contribution in [-0.2, 0) is 0 Å². The van der Waals surface area contributed by atoms with Crippen LogP contribution in [0.3, 0.4) is 0 Å². The average molecular weight is 305 g/mol. The first-order valence-electron chi connectivity index (χ1n) is 6.09. The molecule has 0 heterocycles. The summed E-state index contributed by atoms with van der Waals surface area (Å²) in [5, 5.41) is 12.0. The number of halogens is 1. The smallest absolute Gasteiger partial charge is 0.335 e. The number of aryl methyl sites for hydroxylation is 1. The Morgan fingerprint density at radius 2 is 1.90 bits per heavy atom. The third-order valence-electron chi connectivity index (χ3n) is 2.97. The van der Waals surface area contributed by atoms with E-state index in [0.29, 0.717) is 27.5 Å². The monoisotopic (exact) mass is 304 g/mol. The van der Waals surface area contributed by atoms with E-state index in [1.165, 1.54) is 18.2 Å². The molecular formula is C15H13ClN2O3. The minimum atomic E-state index is -1.00. The zero-order chi connectivity index (χ0) is 15.6. The van der Waals surface area contributed by atoms with Crippen LogP contribution < -0.4 is 11.1 Å². The van der Waals surface area contributed by atoms with Gasteiger partial charge in [0.2, 0.25) is 0 Å². The molecule has 2 aromatic carbocycles. The third-order valence-corrected chi connectivity index (χ3v) is 3.32. The van der Waals surface area contributed by atoms with Crippen molar-refractivity contribution in [2.24, 2.45) is 0 Å². The van der Waals surface area contributed by atoms with Crippen LogP contribution in [0.4, 0.5) is 11.4 Å². The molecule has 0 aliphatic carbocycles. The van der Waals surface area contributed by atoms with Gasteiger partial charge >= 0.3 is 5.97 Å². The van der Waals surface area contributed by atoms with E-state index in [0.717, 1.165) is 0 Å². The van der Waals surface area contributed by atoms with E-state index in [1.807, 2.05) is 0 Å². The van der Waals surface area contributed by atoms with E-state index in [-0.39, 0.29) is 11.5 Å². The largest absolute Gasteiger partial charge is 0.478 e. The van der Waals surface area contributed by atoms with E-state index in [4.69, 9.17) is 22.4 Å². The predicted octanol–water partition coefficient (Wildman–Crippen LogP) is 3.18. The summed E-state index contributed by atoms with van der Waals surface area (Å²) in [6.45, 7) is 1.67. The number of hydrogen-bond acceptors (Lipinski definition) is 3. The molecule has 2 rings (SSSR count). The van der Waals surface area contributed by atoms with Crippen LogP contribution in [0.15, 0.2) is 36.4 Å². The van der Waals surface area contributed by atoms with Crippen LogP contribution in [0.5, 0.6) is 0 Å². The van der Waals surface area contributed by atoms with E-state index < -0.39 is 5.97 Å². The molecule has 4 N–H and O–H groups in total. The summed E-state index contributed by atoms with van der Waals surface area (Å²) >= 11 is 5.80. The summed E-state index contributed by atoms with van der Waals surface area (Å²) in [6.07, 6.45) is 0. The Hall–Kier alpha value is -2.53. The molecule has 0 aliphatic heterocycles. The molecule has 0 atom stereocenters. The number of nitrogens with two attached hydrogens (primary N) is 1. The highest BCUT2D eigenvalue weighted by Crippen LogP contribution is 2.21. The van der Waals surface area contributed by atoms with Gasteiger partial charge in [-0.15, -0.1) is 0 Å². The number of benzene rings is 2. The van der Waals surface area contributed by atoms with E-state index in [9.17, 15) is 9.59 Å². The van der Waals surface area contributed by atoms with Crippen molar-refractivity contribution in [2.45, 2.75) is 6.92 Å². The molecule has 0 bridgehead atoms. The van der Waals surface area contributed by atoms with Crippen LogP contribution >= 0.6 is 11.6 Å². The SMILES string of the molecule is Cc1cc(NC(=O)c2ccc(Cl)c(N)c2)ccc1C(=O)O. The number of aromatic carboxylic acids is 1. The second-order valence-corrected chi connectivity index (χ2v) is 4.93. The normalized spacial score (nSPS) is 10.2. The highest BCUT2D eigenvalue weighted by Gasteiger charge is 2.11. The van der Waals surface area contributed by atoms with Gasteiger partial charge in [0.15, 0.2) is 0 Å². The molecule has 0 saturated carbocycles. The van der Waals surface area contributed by atoms with Gasteiger partial charge < -0.3 is 16.2 Å². The van der Waals surface area contributed by atoms with Crippen molar-refractivity contribution in [3.8, 4) is 0 Å². The highest BCUT2D eigenvalue weighted by molar-refractivity contribution is 6.33. The zero-order valence-electron chi connectivity index (χ0n) is 11.2. The Kier molecular flexibility index (Phi) is 4.14. The highest BCUT2D eigenvalue weighted by atomic mass is 35.5. The Morgan fingerprint density at radius 1 is 1.19 bits per heavy atom. The van der Waals surface area contributed by atoms with Crippen LogP contribution in [0, 0.1) is 6.92 Å². The number of anilines is 2. The summed E-state index contributed by atoms with van der Waals surface area (Å²) in [5.74, 6) is -1.35. The van der Waals surface area contributed by atoms with Crippen LogP contribution in [0.1, 0.15) is 26.3 Å². The van der Waals surface area contributed by atoms with Gasteiger partial charge in [-0.2, -0.15) is 0 Å². The van der Waals surface area contributed by atoms with Gasteiger partial charge in [0, 0.05) is 11.3 Å². The van der Waals surface area contributed by atoms with Gasteiger partial charge in [0.25, 0.3) is 5.91 Å².